The molecule has 0 bridgehead atoms. The number of hydrogen-bond donors (Lipinski definition) is 0. The number of hydrogen-bond acceptors (Lipinski definition) is 2. The van der Waals surface area contributed by atoms with Gasteiger partial charge in [0.15, 0.2) is 0 Å². The van der Waals surface area contributed by atoms with Gasteiger partial charge >= 0.3 is 0 Å². The molecule has 0 unspecified atom stereocenters. The van der Waals surface area contributed by atoms with Crippen LogP contribution in [-0.4, -0.2) is 23.9 Å². The topological polar surface area (TPSA) is 44.1 Å². The van der Waals surface area contributed by atoms with Gasteiger partial charge < -0.3 is 4.90 Å². The normalized spacial score (nSPS) is 22.4. The summed E-state index contributed by atoms with van der Waals surface area (Å²) in [5.41, 5.74) is 1.22. The molecule has 1 aromatic rings. The summed E-state index contributed by atoms with van der Waals surface area (Å²) >= 11 is 3.46. The summed E-state index contributed by atoms with van der Waals surface area (Å²) in [4.78, 5) is 14.0. The number of carbonyl (C=O) groups is 1. The highest BCUT2D eigenvalue weighted by Crippen LogP contribution is 2.48. The van der Waals surface area contributed by atoms with Gasteiger partial charge in [0, 0.05) is 23.5 Å². The Balaban J connectivity index is 1.99. The van der Waals surface area contributed by atoms with Crippen molar-refractivity contribution in [2.24, 2.45) is 5.92 Å². The highest BCUT2D eigenvalue weighted by atomic mass is 79.9. The van der Waals surface area contributed by atoms with E-state index in [-0.39, 0.29) is 17.9 Å². The van der Waals surface area contributed by atoms with Crippen molar-refractivity contribution in [3.63, 3.8) is 0 Å². The zero-order chi connectivity index (χ0) is 14.0. The van der Waals surface area contributed by atoms with Crippen LogP contribution in [0.25, 0.3) is 0 Å². The number of nitrogens with zero attached hydrogens (tertiary/aromatic N) is 2. The van der Waals surface area contributed by atoms with Gasteiger partial charge in [0.2, 0.25) is 5.91 Å². The maximum atomic E-state index is 12.3. The summed E-state index contributed by atoms with van der Waals surface area (Å²) in [7, 11) is 1.79. The van der Waals surface area contributed by atoms with Gasteiger partial charge in [-0.25, -0.2) is 0 Å². The van der Waals surface area contributed by atoms with Gasteiger partial charge in [-0.3, -0.25) is 4.79 Å². The number of nitriles is 1. The first kappa shape index (κ1) is 14.1. The molecule has 0 heterocycles. The Morgan fingerprint density at radius 3 is 3.00 bits per heavy atom. The number of benzene rings is 1. The number of carbonyl (C=O) groups excluding carboxylic acids is 1. The van der Waals surface area contributed by atoms with Crippen LogP contribution in [0.3, 0.4) is 0 Å². The molecule has 1 aromatic carbocycles. The van der Waals surface area contributed by atoms with E-state index in [1.54, 1.807) is 11.9 Å². The summed E-state index contributed by atoms with van der Waals surface area (Å²) in [6.45, 7) is 1.91. The minimum Gasteiger partial charge on any atom is -0.342 e. The molecule has 100 valence electrons. The van der Waals surface area contributed by atoms with Crippen molar-refractivity contribution in [2.45, 2.75) is 31.7 Å². The van der Waals surface area contributed by atoms with E-state index in [2.05, 4.69) is 34.1 Å². The van der Waals surface area contributed by atoms with Crippen LogP contribution in [0.15, 0.2) is 28.7 Å². The highest BCUT2D eigenvalue weighted by Gasteiger charge is 2.45. The third kappa shape index (κ3) is 3.16. The lowest BCUT2D eigenvalue weighted by atomic mass is 10.1. The Kier molecular flexibility index (Phi) is 4.26. The molecule has 1 aliphatic rings. The molecule has 0 aliphatic heterocycles. The second-order valence-corrected chi connectivity index (χ2v) is 6.08. The molecule has 1 amide bonds. The molecule has 0 saturated heterocycles. The van der Waals surface area contributed by atoms with Crippen LogP contribution >= 0.6 is 15.9 Å². The standard InChI is InChI=1S/C15H17BrN2O/c1-10(6-7-17)18(2)15(19)14-9-13(14)11-4-3-5-12(16)8-11/h3-5,8,10,13-14H,6,9H2,1-2H3/t10-,13+,14+/m1/s1. The third-order valence-corrected chi connectivity index (χ3v) is 4.27. The molecule has 2 rings (SSSR count). The van der Waals surface area contributed by atoms with Gasteiger partial charge in [-0.1, -0.05) is 28.1 Å². The molecule has 3 atom stereocenters. The number of amides is 1. The van der Waals surface area contributed by atoms with E-state index in [4.69, 9.17) is 5.26 Å². The van der Waals surface area contributed by atoms with E-state index in [9.17, 15) is 4.79 Å². The zero-order valence-corrected chi connectivity index (χ0v) is 12.7. The monoisotopic (exact) mass is 320 g/mol. The van der Waals surface area contributed by atoms with Crippen molar-refractivity contribution in [2.75, 3.05) is 7.05 Å². The van der Waals surface area contributed by atoms with Gasteiger partial charge in [-0.2, -0.15) is 5.26 Å². The summed E-state index contributed by atoms with van der Waals surface area (Å²) in [6, 6.07) is 10.2. The van der Waals surface area contributed by atoms with Crippen LogP contribution in [0.1, 0.15) is 31.2 Å². The highest BCUT2D eigenvalue weighted by molar-refractivity contribution is 9.10. The van der Waals surface area contributed by atoms with Crippen molar-refractivity contribution >= 4 is 21.8 Å². The lowest BCUT2D eigenvalue weighted by Gasteiger charge is -2.23. The maximum absolute atomic E-state index is 12.3. The summed E-state index contributed by atoms with van der Waals surface area (Å²) in [6.07, 6.45) is 1.30. The van der Waals surface area contributed by atoms with Crippen LogP contribution in [0.4, 0.5) is 0 Å². The van der Waals surface area contributed by atoms with E-state index >= 15 is 0 Å². The Hall–Kier alpha value is -1.34. The number of halogens is 1. The van der Waals surface area contributed by atoms with E-state index in [0.29, 0.717) is 12.3 Å². The molecule has 1 fully saturated rings. The minimum absolute atomic E-state index is 0.0127. The quantitative estimate of drug-likeness (QED) is 0.854. The van der Waals surface area contributed by atoms with Crippen molar-refractivity contribution < 1.29 is 4.79 Å². The first-order valence-electron chi connectivity index (χ1n) is 6.43. The zero-order valence-electron chi connectivity index (χ0n) is 11.1. The lowest BCUT2D eigenvalue weighted by Crippen LogP contribution is -2.36. The van der Waals surface area contributed by atoms with Gasteiger partial charge in [0.25, 0.3) is 0 Å². The fourth-order valence-electron chi connectivity index (χ4n) is 2.32. The summed E-state index contributed by atoms with van der Waals surface area (Å²) < 4.78 is 1.05. The molecular formula is C15H17BrN2O. The van der Waals surface area contributed by atoms with Crippen molar-refractivity contribution in [1.29, 1.82) is 5.26 Å². The predicted octanol–water partition coefficient (Wildman–Crippen LogP) is 3.31. The Labute approximate surface area is 122 Å². The maximum Gasteiger partial charge on any atom is 0.226 e. The van der Waals surface area contributed by atoms with Crippen LogP contribution in [0.2, 0.25) is 0 Å². The van der Waals surface area contributed by atoms with Crippen molar-refractivity contribution in [3.8, 4) is 6.07 Å². The van der Waals surface area contributed by atoms with Crippen LogP contribution < -0.4 is 0 Å². The minimum atomic E-state index is -0.0127. The average molecular weight is 321 g/mol. The molecule has 4 heteroatoms. The van der Waals surface area contributed by atoms with Gasteiger partial charge in [0.05, 0.1) is 12.5 Å². The fourth-order valence-corrected chi connectivity index (χ4v) is 2.74. The predicted molar refractivity (Wildman–Crippen MR) is 77.5 cm³/mol. The SMILES string of the molecule is C[C@H](CC#N)N(C)C(=O)[C@H]1C[C@H]1c1cccc(Br)c1. The van der Waals surface area contributed by atoms with Gasteiger partial charge in [0.1, 0.15) is 0 Å². The fraction of sp³-hybridized carbons (Fsp3) is 0.467. The van der Waals surface area contributed by atoms with Gasteiger partial charge in [-0.05, 0) is 37.0 Å². The van der Waals surface area contributed by atoms with Crippen LogP contribution in [0, 0.1) is 17.2 Å². The molecule has 3 nitrogen and oxygen atoms in total. The van der Waals surface area contributed by atoms with Crippen molar-refractivity contribution in [1.82, 2.24) is 4.90 Å². The Bertz CT molecular complexity index is 523. The molecular weight excluding hydrogens is 304 g/mol. The molecule has 0 N–H and O–H groups in total. The van der Waals surface area contributed by atoms with Crippen molar-refractivity contribution in [3.05, 3.63) is 34.3 Å². The molecule has 19 heavy (non-hydrogen) atoms. The average Bonchev–Trinajstić information content (AvgIpc) is 3.17. The van der Waals surface area contributed by atoms with E-state index in [1.165, 1.54) is 5.56 Å². The first-order valence-corrected chi connectivity index (χ1v) is 7.23. The summed E-state index contributed by atoms with van der Waals surface area (Å²) in [5.74, 6) is 0.579. The smallest absolute Gasteiger partial charge is 0.226 e. The Morgan fingerprint density at radius 1 is 1.63 bits per heavy atom. The largest absolute Gasteiger partial charge is 0.342 e. The molecule has 0 radical (unpaired) electrons. The van der Waals surface area contributed by atoms with E-state index < -0.39 is 0 Å². The van der Waals surface area contributed by atoms with Gasteiger partial charge in [-0.15, -0.1) is 0 Å². The second-order valence-electron chi connectivity index (χ2n) is 5.16. The van der Waals surface area contributed by atoms with E-state index in [0.717, 1.165) is 10.9 Å². The van der Waals surface area contributed by atoms with E-state index in [1.807, 2.05) is 19.1 Å². The molecule has 0 aromatic heterocycles. The molecule has 1 aliphatic carbocycles. The van der Waals surface area contributed by atoms with Crippen LogP contribution in [-0.2, 0) is 4.79 Å². The molecule has 0 spiro atoms. The van der Waals surface area contributed by atoms with Crippen LogP contribution in [0.5, 0.6) is 0 Å². The number of rotatable bonds is 4. The third-order valence-electron chi connectivity index (χ3n) is 3.78. The second kappa shape index (κ2) is 5.75. The Morgan fingerprint density at radius 2 is 2.37 bits per heavy atom. The first-order chi connectivity index (χ1) is 9.04. The lowest BCUT2D eigenvalue weighted by molar-refractivity contribution is -0.133. The molecule has 1 saturated carbocycles. The summed E-state index contributed by atoms with van der Waals surface area (Å²) in [5, 5.41) is 8.69.